The van der Waals surface area contributed by atoms with E-state index in [0.29, 0.717) is 22.4 Å². The summed E-state index contributed by atoms with van der Waals surface area (Å²) in [6.07, 6.45) is 3.48. The van der Waals surface area contributed by atoms with Gasteiger partial charge in [0.2, 0.25) is 0 Å². The van der Waals surface area contributed by atoms with Crippen LogP contribution in [-0.4, -0.2) is 36.5 Å². The van der Waals surface area contributed by atoms with E-state index < -0.39 is 0 Å². The third-order valence-electron chi connectivity index (χ3n) is 5.09. The van der Waals surface area contributed by atoms with Gasteiger partial charge in [0.15, 0.2) is 0 Å². The Balaban J connectivity index is 1.54. The van der Waals surface area contributed by atoms with Gasteiger partial charge in [-0.3, -0.25) is 4.79 Å². The lowest BCUT2D eigenvalue weighted by molar-refractivity contribution is 0.102. The van der Waals surface area contributed by atoms with Gasteiger partial charge in [0.05, 0.1) is 17.5 Å². The van der Waals surface area contributed by atoms with Crippen LogP contribution in [0.2, 0.25) is 0 Å². The molecule has 1 amide bonds. The number of rotatable bonds is 5. The third-order valence-corrected chi connectivity index (χ3v) is 5.09. The third kappa shape index (κ3) is 6.50. The maximum atomic E-state index is 12.5. The summed E-state index contributed by atoms with van der Waals surface area (Å²) >= 11 is 0. The van der Waals surface area contributed by atoms with Gasteiger partial charge in [0.25, 0.3) is 5.91 Å². The van der Waals surface area contributed by atoms with Gasteiger partial charge in [-0.15, -0.1) is 0 Å². The van der Waals surface area contributed by atoms with E-state index >= 15 is 0 Å². The second-order valence-electron chi connectivity index (χ2n) is 9.07. The summed E-state index contributed by atoms with van der Waals surface area (Å²) < 4.78 is 6.21. The largest absolute Gasteiger partial charge is 0.490 e. The molecular weight excluding hydrogens is 362 g/mol. The fourth-order valence-electron chi connectivity index (χ4n) is 3.75. The number of para-hydroxylation sites is 2. The summed E-state index contributed by atoms with van der Waals surface area (Å²) in [5.41, 5.74) is 7.97. The predicted octanol–water partition coefficient (Wildman–Crippen LogP) is 4.80. The van der Waals surface area contributed by atoms with Crippen molar-refractivity contribution < 1.29 is 9.53 Å². The van der Waals surface area contributed by atoms with Crippen LogP contribution in [0.25, 0.3) is 0 Å². The van der Waals surface area contributed by atoms with Gasteiger partial charge in [-0.05, 0) is 67.6 Å². The molecule has 0 radical (unpaired) electrons. The molecule has 2 aromatic rings. The van der Waals surface area contributed by atoms with Gasteiger partial charge in [-0.25, -0.2) is 0 Å². The second-order valence-corrected chi connectivity index (χ2v) is 9.07. The van der Waals surface area contributed by atoms with Crippen LogP contribution in [0.5, 0.6) is 5.75 Å². The smallest absolute Gasteiger partial charge is 0.255 e. The highest BCUT2D eigenvalue weighted by Crippen LogP contribution is 2.23. The molecule has 5 nitrogen and oxygen atoms in total. The lowest BCUT2D eigenvalue weighted by atomic mass is 9.96. The monoisotopic (exact) mass is 395 g/mol. The highest BCUT2D eigenvalue weighted by molar-refractivity contribution is 6.05. The standard InChI is InChI=1S/C24H33N3O2/c1-24(2,3)17-27-15-6-7-19(14-16-27)29-20-12-10-18(11-13-20)23(28)26-22-9-5-4-8-21(22)25/h4-5,8-13,19H,6-7,14-17,25H2,1-3H3,(H,26,28). The number of carbonyl (C=O) groups excluding carboxylic acids is 1. The van der Waals surface area contributed by atoms with Crippen LogP contribution in [0, 0.1) is 5.41 Å². The fourth-order valence-corrected chi connectivity index (χ4v) is 3.75. The molecule has 2 aromatic carbocycles. The highest BCUT2D eigenvalue weighted by atomic mass is 16.5. The number of hydrogen-bond donors (Lipinski definition) is 2. The summed E-state index contributed by atoms with van der Waals surface area (Å²) in [5.74, 6) is 0.636. The van der Waals surface area contributed by atoms with E-state index in [0.717, 1.165) is 44.6 Å². The van der Waals surface area contributed by atoms with Gasteiger partial charge in [0, 0.05) is 18.7 Å². The number of nitrogens with zero attached hydrogens (tertiary/aromatic N) is 1. The zero-order valence-corrected chi connectivity index (χ0v) is 17.8. The molecule has 156 valence electrons. The highest BCUT2D eigenvalue weighted by Gasteiger charge is 2.22. The fraction of sp³-hybridized carbons (Fsp3) is 0.458. The van der Waals surface area contributed by atoms with Crippen LogP contribution >= 0.6 is 0 Å². The number of hydrogen-bond acceptors (Lipinski definition) is 4. The lowest BCUT2D eigenvalue weighted by Gasteiger charge is -2.28. The van der Waals surface area contributed by atoms with Crippen LogP contribution < -0.4 is 15.8 Å². The summed E-state index contributed by atoms with van der Waals surface area (Å²) in [7, 11) is 0. The lowest BCUT2D eigenvalue weighted by Crippen LogP contribution is -2.33. The van der Waals surface area contributed by atoms with Crippen LogP contribution in [0.3, 0.4) is 0 Å². The molecule has 1 unspecified atom stereocenters. The minimum absolute atomic E-state index is 0.179. The molecule has 1 heterocycles. The number of anilines is 2. The Hall–Kier alpha value is -2.53. The van der Waals surface area contributed by atoms with Crippen LogP contribution in [0.1, 0.15) is 50.4 Å². The van der Waals surface area contributed by atoms with Crippen LogP contribution in [0.4, 0.5) is 11.4 Å². The molecule has 0 saturated carbocycles. The van der Waals surface area contributed by atoms with Crippen molar-refractivity contribution in [2.24, 2.45) is 5.41 Å². The summed E-state index contributed by atoms with van der Waals surface area (Å²) in [5, 5.41) is 2.85. The zero-order valence-electron chi connectivity index (χ0n) is 17.8. The molecule has 0 bridgehead atoms. The molecule has 0 aromatic heterocycles. The normalized spacial score (nSPS) is 18.1. The van der Waals surface area contributed by atoms with Crippen LogP contribution in [0.15, 0.2) is 48.5 Å². The van der Waals surface area contributed by atoms with Gasteiger partial charge in [-0.1, -0.05) is 32.9 Å². The first-order valence-electron chi connectivity index (χ1n) is 10.5. The Morgan fingerprint density at radius 2 is 1.83 bits per heavy atom. The average molecular weight is 396 g/mol. The molecule has 1 aliphatic heterocycles. The van der Waals surface area contributed by atoms with E-state index in [1.807, 2.05) is 24.3 Å². The Kier molecular flexibility index (Phi) is 6.80. The summed E-state index contributed by atoms with van der Waals surface area (Å²) in [4.78, 5) is 15.0. The number of nitrogens with one attached hydrogen (secondary N) is 1. The average Bonchev–Trinajstić information content (AvgIpc) is 2.88. The van der Waals surface area contributed by atoms with E-state index in [-0.39, 0.29) is 12.0 Å². The Morgan fingerprint density at radius 1 is 1.10 bits per heavy atom. The van der Waals surface area contributed by atoms with Crippen LogP contribution in [-0.2, 0) is 0 Å². The number of carbonyl (C=O) groups is 1. The molecule has 1 aliphatic rings. The quantitative estimate of drug-likeness (QED) is 0.714. The molecule has 1 atom stereocenters. The van der Waals surface area contributed by atoms with Gasteiger partial charge >= 0.3 is 0 Å². The van der Waals surface area contributed by atoms with Crippen molar-refractivity contribution >= 4 is 17.3 Å². The van der Waals surface area contributed by atoms with E-state index in [2.05, 4.69) is 31.0 Å². The molecule has 1 fully saturated rings. The molecular formula is C24H33N3O2. The second kappa shape index (κ2) is 9.31. The minimum atomic E-state index is -0.179. The van der Waals surface area contributed by atoms with Crippen molar-refractivity contribution in [3.05, 3.63) is 54.1 Å². The maximum Gasteiger partial charge on any atom is 0.255 e. The van der Waals surface area contributed by atoms with E-state index in [4.69, 9.17) is 10.5 Å². The Labute approximate surface area is 174 Å². The molecule has 29 heavy (non-hydrogen) atoms. The number of likely N-dealkylation sites (tertiary alicyclic amines) is 1. The minimum Gasteiger partial charge on any atom is -0.490 e. The van der Waals surface area contributed by atoms with E-state index in [1.165, 1.54) is 0 Å². The summed E-state index contributed by atoms with van der Waals surface area (Å²) in [6, 6.07) is 14.6. The predicted molar refractivity (Wildman–Crippen MR) is 119 cm³/mol. The molecule has 0 aliphatic carbocycles. The number of nitrogen functional groups attached to an aromatic ring is 1. The first-order valence-corrected chi connectivity index (χ1v) is 10.5. The number of benzene rings is 2. The van der Waals surface area contributed by atoms with Crippen molar-refractivity contribution in [3.63, 3.8) is 0 Å². The SMILES string of the molecule is CC(C)(C)CN1CCCC(Oc2ccc(C(=O)Nc3ccccc3N)cc2)CC1. The van der Waals surface area contributed by atoms with Crippen molar-refractivity contribution in [3.8, 4) is 5.75 Å². The van der Waals surface area contributed by atoms with Crippen molar-refractivity contribution in [1.29, 1.82) is 0 Å². The topological polar surface area (TPSA) is 67.6 Å². The Morgan fingerprint density at radius 3 is 2.52 bits per heavy atom. The molecule has 1 saturated heterocycles. The molecule has 0 spiro atoms. The number of ether oxygens (including phenoxy) is 1. The number of amides is 1. The van der Waals surface area contributed by atoms with Gasteiger partial charge in [0.1, 0.15) is 5.75 Å². The molecule has 5 heteroatoms. The zero-order chi connectivity index (χ0) is 20.9. The maximum absolute atomic E-state index is 12.5. The van der Waals surface area contributed by atoms with Crippen molar-refractivity contribution in [2.75, 3.05) is 30.7 Å². The molecule has 3 N–H and O–H groups in total. The van der Waals surface area contributed by atoms with E-state index in [1.54, 1.807) is 24.3 Å². The van der Waals surface area contributed by atoms with Gasteiger partial charge < -0.3 is 20.7 Å². The first kappa shape index (κ1) is 21.2. The number of nitrogens with two attached hydrogens (primary N) is 1. The van der Waals surface area contributed by atoms with Crippen molar-refractivity contribution in [1.82, 2.24) is 4.90 Å². The molecule has 3 rings (SSSR count). The van der Waals surface area contributed by atoms with Crippen molar-refractivity contribution in [2.45, 2.75) is 46.1 Å². The van der Waals surface area contributed by atoms with Gasteiger partial charge in [-0.2, -0.15) is 0 Å². The Bertz CT molecular complexity index is 812. The summed E-state index contributed by atoms with van der Waals surface area (Å²) in [6.45, 7) is 10.2. The van der Waals surface area contributed by atoms with E-state index in [9.17, 15) is 4.79 Å². The first-order chi connectivity index (χ1) is 13.8.